The maximum absolute atomic E-state index is 12.3. The second-order valence-electron chi connectivity index (χ2n) is 6.07. The predicted molar refractivity (Wildman–Crippen MR) is 96.8 cm³/mol. The van der Waals surface area contributed by atoms with Gasteiger partial charge in [0, 0.05) is 24.7 Å². The monoisotopic (exact) mass is 326 g/mol. The van der Waals surface area contributed by atoms with Gasteiger partial charge in [-0.1, -0.05) is 48.5 Å². The van der Waals surface area contributed by atoms with Crippen molar-refractivity contribution in [2.45, 2.75) is 33.0 Å². The smallest absolute Gasteiger partial charge is 0.234 e. The molecule has 2 rings (SSSR count). The number of methoxy groups -OCH3 is 1. The summed E-state index contributed by atoms with van der Waals surface area (Å²) in [5.74, 6) is 0.813. The van der Waals surface area contributed by atoms with E-state index < -0.39 is 0 Å². The van der Waals surface area contributed by atoms with Gasteiger partial charge >= 0.3 is 0 Å². The topological polar surface area (TPSA) is 41.6 Å². The molecule has 0 aliphatic carbocycles. The lowest BCUT2D eigenvalue weighted by Gasteiger charge is -2.26. The summed E-state index contributed by atoms with van der Waals surface area (Å²) in [6, 6.07) is 18.2. The van der Waals surface area contributed by atoms with Crippen molar-refractivity contribution in [1.29, 1.82) is 0 Å². The highest BCUT2D eigenvalue weighted by Crippen LogP contribution is 2.16. The summed E-state index contributed by atoms with van der Waals surface area (Å²) >= 11 is 0. The summed E-state index contributed by atoms with van der Waals surface area (Å²) in [6.07, 6.45) is 0. The molecule has 2 aromatic rings. The van der Waals surface area contributed by atoms with E-state index in [1.165, 1.54) is 5.56 Å². The minimum absolute atomic E-state index is 0.0190. The molecule has 24 heavy (non-hydrogen) atoms. The number of nitrogens with zero attached hydrogens (tertiary/aromatic N) is 1. The first-order valence-corrected chi connectivity index (χ1v) is 8.26. The molecule has 0 aliphatic rings. The van der Waals surface area contributed by atoms with E-state index in [2.05, 4.69) is 36.2 Å². The van der Waals surface area contributed by atoms with Gasteiger partial charge in [0.2, 0.25) is 5.91 Å². The first kappa shape index (κ1) is 18.0. The molecular weight excluding hydrogens is 300 g/mol. The van der Waals surface area contributed by atoms with Gasteiger partial charge in [0.05, 0.1) is 13.7 Å². The van der Waals surface area contributed by atoms with Crippen molar-refractivity contribution in [3.8, 4) is 5.75 Å². The maximum atomic E-state index is 12.3. The van der Waals surface area contributed by atoms with Crippen LogP contribution in [0, 0.1) is 0 Å². The summed E-state index contributed by atoms with van der Waals surface area (Å²) in [7, 11) is 1.64. The van der Waals surface area contributed by atoms with Crippen LogP contribution in [0.3, 0.4) is 0 Å². The predicted octanol–water partition coefficient (Wildman–Crippen LogP) is 3.22. The standard InChI is InChI=1S/C20H26N2O2/c1-16(2)22(14-17-9-5-4-6-10-17)15-20(23)21-13-18-11-7-8-12-19(18)24-3/h4-12,16H,13-15H2,1-3H3,(H,21,23). The van der Waals surface area contributed by atoms with E-state index in [9.17, 15) is 4.79 Å². The van der Waals surface area contributed by atoms with Crippen LogP contribution in [-0.2, 0) is 17.9 Å². The van der Waals surface area contributed by atoms with E-state index in [4.69, 9.17) is 4.74 Å². The van der Waals surface area contributed by atoms with Crippen LogP contribution in [0.4, 0.5) is 0 Å². The Morgan fingerprint density at radius 3 is 2.42 bits per heavy atom. The minimum atomic E-state index is 0.0190. The molecule has 4 nitrogen and oxygen atoms in total. The first-order chi connectivity index (χ1) is 11.6. The molecule has 0 spiro atoms. The zero-order valence-corrected chi connectivity index (χ0v) is 14.7. The van der Waals surface area contributed by atoms with Crippen molar-refractivity contribution in [2.24, 2.45) is 0 Å². The van der Waals surface area contributed by atoms with Gasteiger partial charge in [0.1, 0.15) is 5.75 Å². The maximum Gasteiger partial charge on any atom is 0.234 e. The average Bonchev–Trinajstić information content (AvgIpc) is 2.60. The van der Waals surface area contributed by atoms with E-state index >= 15 is 0 Å². The molecule has 0 radical (unpaired) electrons. The van der Waals surface area contributed by atoms with Crippen LogP contribution in [0.15, 0.2) is 54.6 Å². The largest absolute Gasteiger partial charge is 0.496 e. The fraction of sp³-hybridized carbons (Fsp3) is 0.350. The molecule has 2 aromatic carbocycles. The zero-order valence-electron chi connectivity index (χ0n) is 14.7. The minimum Gasteiger partial charge on any atom is -0.496 e. The molecule has 0 saturated heterocycles. The Kier molecular flexibility index (Phi) is 6.82. The Morgan fingerprint density at radius 2 is 1.75 bits per heavy atom. The number of para-hydroxylation sites is 1. The third-order valence-electron chi connectivity index (χ3n) is 3.97. The molecule has 128 valence electrons. The number of rotatable bonds is 8. The third kappa shape index (κ3) is 5.39. The second kappa shape index (κ2) is 9.08. The van der Waals surface area contributed by atoms with Gasteiger partial charge < -0.3 is 10.1 Å². The van der Waals surface area contributed by atoms with Gasteiger partial charge in [0.15, 0.2) is 0 Å². The van der Waals surface area contributed by atoms with E-state index in [1.54, 1.807) is 7.11 Å². The lowest BCUT2D eigenvalue weighted by molar-refractivity contribution is -0.123. The molecular formula is C20H26N2O2. The molecule has 0 aliphatic heterocycles. The van der Waals surface area contributed by atoms with Crippen LogP contribution in [0.1, 0.15) is 25.0 Å². The summed E-state index contributed by atoms with van der Waals surface area (Å²) in [6.45, 7) is 5.83. The van der Waals surface area contributed by atoms with Gasteiger partial charge in [-0.15, -0.1) is 0 Å². The number of hydrogen-bond donors (Lipinski definition) is 1. The highest BCUT2D eigenvalue weighted by Gasteiger charge is 2.14. The molecule has 0 fully saturated rings. The fourth-order valence-corrected chi connectivity index (χ4v) is 2.52. The Bertz CT molecular complexity index is 641. The van der Waals surface area contributed by atoms with Gasteiger partial charge in [-0.05, 0) is 25.5 Å². The van der Waals surface area contributed by atoms with E-state index in [-0.39, 0.29) is 5.91 Å². The van der Waals surface area contributed by atoms with Crippen LogP contribution in [0.5, 0.6) is 5.75 Å². The number of amides is 1. The second-order valence-corrected chi connectivity index (χ2v) is 6.07. The summed E-state index contributed by atoms with van der Waals surface area (Å²) in [4.78, 5) is 14.5. The van der Waals surface area contributed by atoms with Crippen LogP contribution >= 0.6 is 0 Å². The summed E-state index contributed by atoms with van der Waals surface area (Å²) in [5.41, 5.74) is 2.19. The van der Waals surface area contributed by atoms with Gasteiger partial charge in [0.25, 0.3) is 0 Å². The van der Waals surface area contributed by atoms with Gasteiger partial charge in [-0.25, -0.2) is 0 Å². The lowest BCUT2D eigenvalue weighted by atomic mass is 10.2. The van der Waals surface area contributed by atoms with E-state index in [0.29, 0.717) is 19.1 Å². The van der Waals surface area contributed by atoms with Crippen LogP contribution < -0.4 is 10.1 Å². The molecule has 0 bridgehead atoms. The Morgan fingerprint density at radius 1 is 1.08 bits per heavy atom. The fourth-order valence-electron chi connectivity index (χ4n) is 2.52. The molecule has 4 heteroatoms. The number of hydrogen-bond acceptors (Lipinski definition) is 3. The van der Waals surface area contributed by atoms with Gasteiger partial charge in [-0.2, -0.15) is 0 Å². The molecule has 0 saturated carbocycles. The molecule has 1 N–H and O–H groups in total. The third-order valence-corrected chi connectivity index (χ3v) is 3.97. The van der Waals surface area contributed by atoms with Gasteiger partial charge in [-0.3, -0.25) is 9.69 Å². The average molecular weight is 326 g/mol. The van der Waals surface area contributed by atoms with Crippen molar-refractivity contribution in [3.05, 3.63) is 65.7 Å². The lowest BCUT2D eigenvalue weighted by Crippen LogP contribution is -2.40. The van der Waals surface area contributed by atoms with Crippen molar-refractivity contribution >= 4 is 5.91 Å². The van der Waals surface area contributed by atoms with Crippen LogP contribution in [-0.4, -0.2) is 30.5 Å². The zero-order chi connectivity index (χ0) is 17.4. The number of carbonyl (C=O) groups excluding carboxylic acids is 1. The van der Waals surface area contributed by atoms with E-state index in [0.717, 1.165) is 17.9 Å². The molecule has 1 amide bonds. The Balaban J connectivity index is 1.91. The summed E-state index contributed by atoms with van der Waals surface area (Å²) < 4.78 is 5.31. The highest BCUT2D eigenvalue weighted by atomic mass is 16.5. The first-order valence-electron chi connectivity index (χ1n) is 8.26. The van der Waals surface area contributed by atoms with E-state index in [1.807, 2.05) is 42.5 Å². The Hall–Kier alpha value is -2.33. The SMILES string of the molecule is COc1ccccc1CNC(=O)CN(Cc1ccccc1)C(C)C. The van der Waals surface area contributed by atoms with Crippen molar-refractivity contribution in [1.82, 2.24) is 10.2 Å². The highest BCUT2D eigenvalue weighted by molar-refractivity contribution is 5.78. The van der Waals surface area contributed by atoms with Crippen molar-refractivity contribution in [3.63, 3.8) is 0 Å². The normalized spacial score (nSPS) is 10.9. The molecule has 0 unspecified atom stereocenters. The van der Waals surface area contributed by atoms with Crippen molar-refractivity contribution in [2.75, 3.05) is 13.7 Å². The molecule has 0 heterocycles. The van der Waals surface area contributed by atoms with Crippen molar-refractivity contribution < 1.29 is 9.53 Å². The van der Waals surface area contributed by atoms with Crippen LogP contribution in [0.25, 0.3) is 0 Å². The number of benzene rings is 2. The van der Waals surface area contributed by atoms with Crippen LogP contribution in [0.2, 0.25) is 0 Å². The molecule has 0 aromatic heterocycles. The number of carbonyl (C=O) groups is 1. The number of nitrogens with one attached hydrogen (secondary N) is 1. The Labute approximate surface area is 144 Å². The number of ether oxygens (including phenoxy) is 1. The summed E-state index contributed by atoms with van der Waals surface area (Å²) in [5, 5.41) is 2.98. The molecule has 0 atom stereocenters. The quantitative estimate of drug-likeness (QED) is 0.810.